The second-order valence-corrected chi connectivity index (χ2v) is 8.14. The summed E-state index contributed by atoms with van der Waals surface area (Å²) < 4.78 is 21.1. The molecule has 1 unspecified atom stereocenters. The molecule has 0 bridgehead atoms. The molecule has 2 fully saturated rings. The van der Waals surface area contributed by atoms with Crippen LogP contribution in [0.25, 0.3) is 0 Å². The van der Waals surface area contributed by atoms with Crippen molar-refractivity contribution in [2.75, 3.05) is 19.6 Å². The van der Waals surface area contributed by atoms with Gasteiger partial charge in [-0.2, -0.15) is 0 Å². The number of halogens is 1. The minimum absolute atomic E-state index is 0.0418. The first-order valence-corrected chi connectivity index (χ1v) is 10.4. The molecule has 2 saturated heterocycles. The molecule has 164 valence electrons. The third-order valence-electron chi connectivity index (χ3n) is 6.11. The Hall–Kier alpha value is -3.23. The Balaban J connectivity index is 1.23. The number of imidazole rings is 1. The molecule has 0 saturated carbocycles. The molecule has 3 heterocycles. The highest BCUT2D eigenvalue weighted by Crippen LogP contribution is 2.43. The average molecular weight is 428 g/mol. The largest absolute Gasteiger partial charge is 0.460 e. The number of nitrogens with one attached hydrogen (secondary N) is 1. The summed E-state index contributed by atoms with van der Waals surface area (Å²) in [4.78, 5) is 42.8. The fraction of sp³-hybridized carbons (Fsp3) is 0.455. The number of hydrogen-bond acceptors (Lipinski definition) is 5. The summed E-state index contributed by atoms with van der Waals surface area (Å²) >= 11 is 0. The topological polar surface area (TPSA) is 93.5 Å². The van der Waals surface area contributed by atoms with E-state index in [0.29, 0.717) is 38.9 Å². The highest BCUT2D eigenvalue weighted by atomic mass is 19.1. The smallest absolute Gasteiger partial charge is 0.312 e. The zero-order valence-corrected chi connectivity index (χ0v) is 17.1. The highest BCUT2D eigenvalue weighted by molar-refractivity contribution is 5.94. The van der Waals surface area contributed by atoms with Gasteiger partial charge < -0.3 is 19.5 Å². The number of hydrogen-bond donors (Lipinski definition) is 1. The van der Waals surface area contributed by atoms with Crippen molar-refractivity contribution in [3.8, 4) is 0 Å². The molecule has 1 N–H and O–H groups in total. The zero-order valence-electron chi connectivity index (χ0n) is 17.1. The SMILES string of the molecule is O=C(NCCC(=O)N1CCC2(CC1)CC(Cn1ccnc1)OC2=O)c1ccccc1F. The molecular formula is C22H25FN4O4. The normalized spacial score (nSPS) is 20.0. The van der Waals surface area contributed by atoms with Gasteiger partial charge in [0.1, 0.15) is 11.9 Å². The van der Waals surface area contributed by atoms with Gasteiger partial charge in [0.05, 0.1) is 23.9 Å². The molecule has 2 aliphatic rings. The van der Waals surface area contributed by atoms with Gasteiger partial charge in [0, 0.05) is 44.9 Å². The van der Waals surface area contributed by atoms with Crippen LogP contribution in [-0.2, 0) is 20.9 Å². The van der Waals surface area contributed by atoms with E-state index in [4.69, 9.17) is 4.74 Å². The van der Waals surface area contributed by atoms with E-state index in [1.165, 1.54) is 18.2 Å². The van der Waals surface area contributed by atoms with Gasteiger partial charge in [0.15, 0.2) is 0 Å². The van der Waals surface area contributed by atoms with E-state index in [9.17, 15) is 18.8 Å². The van der Waals surface area contributed by atoms with E-state index in [0.717, 1.165) is 0 Å². The van der Waals surface area contributed by atoms with Crippen LogP contribution in [0.1, 0.15) is 36.0 Å². The molecule has 9 heteroatoms. The number of benzene rings is 1. The lowest BCUT2D eigenvalue weighted by molar-refractivity contribution is -0.152. The van der Waals surface area contributed by atoms with Crippen LogP contribution < -0.4 is 5.32 Å². The van der Waals surface area contributed by atoms with Gasteiger partial charge in [-0.15, -0.1) is 0 Å². The minimum atomic E-state index is -0.595. The molecule has 1 atom stereocenters. The van der Waals surface area contributed by atoms with Crippen LogP contribution in [-0.4, -0.2) is 58.0 Å². The first kappa shape index (κ1) is 21.0. The average Bonchev–Trinajstić information content (AvgIpc) is 3.37. The quantitative estimate of drug-likeness (QED) is 0.708. The number of carbonyl (C=O) groups is 3. The van der Waals surface area contributed by atoms with Crippen LogP contribution in [0, 0.1) is 11.2 Å². The van der Waals surface area contributed by atoms with E-state index < -0.39 is 17.1 Å². The van der Waals surface area contributed by atoms with Crippen LogP contribution in [0.3, 0.4) is 0 Å². The summed E-state index contributed by atoms with van der Waals surface area (Å²) in [5.41, 5.74) is -0.569. The van der Waals surface area contributed by atoms with Crippen molar-refractivity contribution in [3.05, 3.63) is 54.4 Å². The van der Waals surface area contributed by atoms with Crippen molar-refractivity contribution in [3.63, 3.8) is 0 Å². The fourth-order valence-corrected chi connectivity index (χ4v) is 4.34. The summed E-state index contributed by atoms with van der Waals surface area (Å²) in [5.74, 6) is -1.41. The number of esters is 1. The van der Waals surface area contributed by atoms with E-state index in [-0.39, 0.29) is 36.5 Å². The molecule has 1 aromatic heterocycles. The van der Waals surface area contributed by atoms with Crippen molar-refractivity contribution < 1.29 is 23.5 Å². The van der Waals surface area contributed by atoms with Crippen LogP contribution in [0.15, 0.2) is 43.0 Å². The number of ether oxygens (including phenoxy) is 1. The molecule has 8 nitrogen and oxygen atoms in total. The number of cyclic esters (lactones) is 1. The standard InChI is InChI=1S/C22H25FN4O4/c23-18-4-2-1-3-17(18)20(29)25-8-5-19(28)27-10-6-22(7-11-27)13-16(31-21(22)30)14-26-12-9-24-15-26/h1-4,9,12,15-16H,5-8,10-11,13-14H2,(H,25,29). The molecule has 1 spiro atoms. The van der Waals surface area contributed by atoms with Crippen molar-refractivity contribution in [1.29, 1.82) is 0 Å². The first-order valence-electron chi connectivity index (χ1n) is 10.4. The summed E-state index contributed by atoms with van der Waals surface area (Å²) in [5, 5.41) is 2.58. The second kappa shape index (κ2) is 8.87. The Bertz CT molecular complexity index is 954. The van der Waals surface area contributed by atoms with Gasteiger partial charge >= 0.3 is 5.97 Å². The third kappa shape index (κ3) is 4.60. The number of aromatic nitrogens is 2. The number of rotatable bonds is 6. The minimum Gasteiger partial charge on any atom is -0.460 e. The van der Waals surface area contributed by atoms with E-state index in [2.05, 4.69) is 10.3 Å². The monoisotopic (exact) mass is 428 g/mol. The number of amides is 2. The van der Waals surface area contributed by atoms with Gasteiger partial charge in [-0.05, 0) is 25.0 Å². The van der Waals surface area contributed by atoms with Gasteiger partial charge in [-0.3, -0.25) is 14.4 Å². The maximum Gasteiger partial charge on any atom is 0.312 e. The van der Waals surface area contributed by atoms with Crippen molar-refractivity contribution in [2.45, 2.75) is 38.3 Å². The molecule has 1 aromatic carbocycles. The Labute approximate surface area is 179 Å². The number of piperidine rings is 1. The first-order chi connectivity index (χ1) is 15.0. The molecule has 0 radical (unpaired) electrons. The molecule has 2 aliphatic heterocycles. The fourth-order valence-electron chi connectivity index (χ4n) is 4.34. The molecule has 4 rings (SSSR count). The predicted octanol–water partition coefficient (Wildman–Crippen LogP) is 1.77. The number of carbonyl (C=O) groups excluding carboxylic acids is 3. The Morgan fingerprint density at radius 3 is 2.74 bits per heavy atom. The lowest BCUT2D eigenvalue weighted by Gasteiger charge is -2.36. The maximum absolute atomic E-state index is 13.6. The van der Waals surface area contributed by atoms with E-state index >= 15 is 0 Å². The van der Waals surface area contributed by atoms with E-state index in [1.54, 1.807) is 23.5 Å². The highest BCUT2D eigenvalue weighted by Gasteiger charge is 2.50. The molecule has 31 heavy (non-hydrogen) atoms. The van der Waals surface area contributed by atoms with Crippen LogP contribution >= 0.6 is 0 Å². The molecule has 2 aromatic rings. The van der Waals surface area contributed by atoms with Crippen LogP contribution in [0.5, 0.6) is 0 Å². The summed E-state index contributed by atoms with van der Waals surface area (Å²) in [6.07, 6.45) is 6.95. The van der Waals surface area contributed by atoms with Crippen LogP contribution in [0.2, 0.25) is 0 Å². The molecule has 2 amide bonds. The summed E-state index contributed by atoms with van der Waals surface area (Å²) in [7, 11) is 0. The Morgan fingerprint density at radius 1 is 1.26 bits per heavy atom. The zero-order chi connectivity index (χ0) is 21.8. The third-order valence-corrected chi connectivity index (χ3v) is 6.11. The van der Waals surface area contributed by atoms with Crippen molar-refractivity contribution >= 4 is 17.8 Å². The van der Waals surface area contributed by atoms with Crippen molar-refractivity contribution in [2.24, 2.45) is 5.41 Å². The summed E-state index contributed by atoms with van der Waals surface area (Å²) in [6.45, 7) is 1.67. The van der Waals surface area contributed by atoms with Gasteiger partial charge in [0.25, 0.3) is 5.91 Å². The lowest BCUT2D eigenvalue weighted by Crippen LogP contribution is -2.45. The maximum atomic E-state index is 13.6. The number of likely N-dealkylation sites (tertiary alicyclic amines) is 1. The van der Waals surface area contributed by atoms with E-state index in [1.807, 2.05) is 10.8 Å². The Morgan fingerprint density at radius 2 is 2.03 bits per heavy atom. The Kier molecular flexibility index (Phi) is 6.01. The number of nitrogens with zero attached hydrogens (tertiary/aromatic N) is 3. The summed E-state index contributed by atoms with van der Waals surface area (Å²) in [6, 6.07) is 5.72. The molecular weight excluding hydrogens is 403 g/mol. The van der Waals surface area contributed by atoms with Crippen LogP contribution in [0.4, 0.5) is 4.39 Å². The predicted molar refractivity (Wildman–Crippen MR) is 108 cm³/mol. The van der Waals surface area contributed by atoms with Gasteiger partial charge in [0.2, 0.25) is 5.91 Å². The second-order valence-electron chi connectivity index (χ2n) is 8.14. The van der Waals surface area contributed by atoms with Gasteiger partial charge in [-0.1, -0.05) is 12.1 Å². The lowest BCUT2D eigenvalue weighted by atomic mass is 9.76. The van der Waals surface area contributed by atoms with Crippen molar-refractivity contribution in [1.82, 2.24) is 19.8 Å². The molecule has 0 aliphatic carbocycles. The van der Waals surface area contributed by atoms with Gasteiger partial charge in [-0.25, -0.2) is 9.37 Å².